The summed E-state index contributed by atoms with van der Waals surface area (Å²) in [5, 5.41) is 3.25. The molecule has 174 valence electrons. The van der Waals surface area contributed by atoms with Crippen LogP contribution >= 0.6 is 11.6 Å². The van der Waals surface area contributed by atoms with Crippen LogP contribution in [0.3, 0.4) is 0 Å². The molecule has 3 rings (SSSR count). The number of carbonyl (C=O) groups excluding carboxylic acids is 1. The zero-order valence-corrected chi connectivity index (χ0v) is 20.1. The monoisotopic (exact) mass is 487 g/mol. The first-order valence-electron chi connectivity index (χ1n) is 10.3. The summed E-state index contributed by atoms with van der Waals surface area (Å²) in [6.07, 6.45) is 5.91. The smallest absolute Gasteiger partial charge is 0.232 e. The van der Waals surface area contributed by atoms with Gasteiger partial charge in [-0.3, -0.25) is 14.1 Å². The number of benzene rings is 2. The molecule has 0 spiro atoms. The zero-order valence-electron chi connectivity index (χ0n) is 18.5. The standard InChI is InChI=1S/C24H26ClN3O4S/c1-32-23-10-7-20(25)17-22(23)28(33(2,30)31)15-3-4-24(29)27-21-8-5-18(6-9-21)16-19-11-13-26-14-12-19/h5-14,17H,3-4,15-16H2,1-2H3,(H,27,29). The van der Waals surface area contributed by atoms with E-state index in [9.17, 15) is 13.2 Å². The third-order valence-corrected chi connectivity index (χ3v) is 6.39. The molecule has 33 heavy (non-hydrogen) atoms. The summed E-state index contributed by atoms with van der Waals surface area (Å²) in [4.78, 5) is 16.4. The quantitative estimate of drug-likeness (QED) is 0.454. The number of nitrogens with one attached hydrogen (secondary N) is 1. The minimum atomic E-state index is -3.60. The Balaban J connectivity index is 1.57. The number of aromatic nitrogens is 1. The fraction of sp³-hybridized carbons (Fsp3) is 0.250. The molecule has 0 atom stereocenters. The lowest BCUT2D eigenvalue weighted by Crippen LogP contribution is -2.31. The molecule has 1 amide bonds. The number of anilines is 2. The van der Waals surface area contributed by atoms with Crippen LogP contribution in [0.5, 0.6) is 5.75 Å². The number of hydrogen-bond acceptors (Lipinski definition) is 5. The number of ether oxygens (including phenoxy) is 1. The highest BCUT2D eigenvalue weighted by Crippen LogP contribution is 2.33. The molecule has 9 heteroatoms. The van der Waals surface area contributed by atoms with Gasteiger partial charge in [0.05, 0.1) is 19.1 Å². The van der Waals surface area contributed by atoms with Gasteiger partial charge in [0.2, 0.25) is 15.9 Å². The average molecular weight is 488 g/mol. The second-order valence-corrected chi connectivity index (χ2v) is 9.88. The zero-order chi connectivity index (χ0) is 23.8. The molecule has 0 aliphatic heterocycles. The lowest BCUT2D eigenvalue weighted by Gasteiger charge is -2.24. The molecule has 0 saturated heterocycles. The minimum absolute atomic E-state index is 0.119. The van der Waals surface area contributed by atoms with Crippen molar-refractivity contribution in [1.82, 2.24) is 4.98 Å². The van der Waals surface area contributed by atoms with Crippen molar-refractivity contribution in [3.8, 4) is 5.75 Å². The highest BCUT2D eigenvalue weighted by atomic mass is 35.5. The van der Waals surface area contributed by atoms with E-state index in [1.54, 1.807) is 24.5 Å². The summed E-state index contributed by atoms with van der Waals surface area (Å²) in [7, 11) is -2.13. The fourth-order valence-electron chi connectivity index (χ4n) is 3.37. The Bertz CT molecular complexity index is 1190. The number of rotatable bonds is 10. The van der Waals surface area contributed by atoms with Gasteiger partial charge < -0.3 is 10.1 Å². The Morgan fingerprint density at radius 1 is 1.06 bits per heavy atom. The van der Waals surface area contributed by atoms with Crippen LogP contribution in [-0.2, 0) is 21.2 Å². The highest BCUT2D eigenvalue weighted by molar-refractivity contribution is 7.92. The molecule has 0 fully saturated rings. The summed E-state index contributed by atoms with van der Waals surface area (Å²) >= 11 is 6.06. The van der Waals surface area contributed by atoms with Crippen molar-refractivity contribution in [2.45, 2.75) is 19.3 Å². The van der Waals surface area contributed by atoms with Crippen LogP contribution < -0.4 is 14.4 Å². The molecule has 0 unspecified atom stereocenters. The molecule has 0 radical (unpaired) electrons. The van der Waals surface area contributed by atoms with Gasteiger partial charge in [-0.15, -0.1) is 0 Å². The van der Waals surface area contributed by atoms with Gasteiger partial charge in [-0.1, -0.05) is 23.7 Å². The van der Waals surface area contributed by atoms with Crippen molar-refractivity contribution < 1.29 is 17.9 Å². The summed E-state index contributed by atoms with van der Waals surface area (Å²) in [5.74, 6) is 0.199. The van der Waals surface area contributed by atoms with E-state index in [1.165, 1.54) is 17.5 Å². The van der Waals surface area contributed by atoms with E-state index in [4.69, 9.17) is 16.3 Å². The topological polar surface area (TPSA) is 88.6 Å². The van der Waals surface area contributed by atoms with Gasteiger partial charge in [0.15, 0.2) is 0 Å². The largest absolute Gasteiger partial charge is 0.495 e. The average Bonchev–Trinajstić information content (AvgIpc) is 2.78. The number of carbonyl (C=O) groups is 1. The molecule has 1 N–H and O–H groups in total. The SMILES string of the molecule is COc1ccc(Cl)cc1N(CCCC(=O)Nc1ccc(Cc2ccncc2)cc1)S(C)(=O)=O. The van der Waals surface area contributed by atoms with E-state index >= 15 is 0 Å². The van der Waals surface area contributed by atoms with E-state index in [1.807, 2.05) is 36.4 Å². The Morgan fingerprint density at radius 2 is 1.73 bits per heavy atom. The number of hydrogen-bond donors (Lipinski definition) is 1. The van der Waals surface area contributed by atoms with E-state index < -0.39 is 10.0 Å². The van der Waals surface area contributed by atoms with Crippen molar-refractivity contribution in [3.05, 3.63) is 83.1 Å². The summed E-state index contributed by atoms with van der Waals surface area (Å²) < 4.78 is 31.2. The first-order valence-corrected chi connectivity index (χ1v) is 12.6. The molecule has 0 aliphatic carbocycles. The van der Waals surface area contributed by atoms with Crippen molar-refractivity contribution in [3.63, 3.8) is 0 Å². The van der Waals surface area contributed by atoms with Crippen LogP contribution in [-0.4, -0.2) is 39.2 Å². The van der Waals surface area contributed by atoms with Gasteiger partial charge in [-0.05, 0) is 66.4 Å². The highest BCUT2D eigenvalue weighted by Gasteiger charge is 2.21. The predicted octanol–water partition coefficient (Wildman–Crippen LogP) is 4.52. The Kier molecular flexibility index (Phi) is 8.30. The molecular formula is C24H26ClN3O4S. The molecule has 3 aromatic rings. The van der Waals surface area contributed by atoms with Crippen LogP contribution in [0, 0.1) is 0 Å². The third kappa shape index (κ3) is 7.20. The third-order valence-electron chi connectivity index (χ3n) is 4.97. The van der Waals surface area contributed by atoms with Gasteiger partial charge in [-0.2, -0.15) is 0 Å². The maximum atomic E-state index is 12.4. The van der Waals surface area contributed by atoms with Crippen LogP contribution in [0.2, 0.25) is 5.02 Å². The Labute approximate surface area is 199 Å². The van der Waals surface area contributed by atoms with Crippen LogP contribution in [0.15, 0.2) is 67.0 Å². The van der Waals surface area contributed by atoms with Crippen LogP contribution in [0.25, 0.3) is 0 Å². The van der Waals surface area contributed by atoms with Gasteiger partial charge in [0.1, 0.15) is 5.75 Å². The minimum Gasteiger partial charge on any atom is -0.495 e. The van der Waals surface area contributed by atoms with E-state index in [0.29, 0.717) is 28.6 Å². The molecule has 1 aromatic heterocycles. The molecule has 7 nitrogen and oxygen atoms in total. The van der Waals surface area contributed by atoms with Gasteiger partial charge in [-0.25, -0.2) is 8.42 Å². The van der Waals surface area contributed by atoms with Crippen LogP contribution in [0.4, 0.5) is 11.4 Å². The lowest BCUT2D eigenvalue weighted by molar-refractivity contribution is -0.116. The van der Waals surface area contributed by atoms with Crippen molar-refractivity contribution >= 4 is 38.9 Å². The molecule has 0 saturated carbocycles. The summed E-state index contributed by atoms with van der Waals surface area (Å²) in [6, 6.07) is 16.3. The Morgan fingerprint density at radius 3 is 2.36 bits per heavy atom. The second kappa shape index (κ2) is 11.2. The van der Waals surface area contributed by atoms with E-state index in [-0.39, 0.29) is 18.9 Å². The number of amides is 1. The molecule has 2 aromatic carbocycles. The first kappa shape index (κ1) is 24.5. The number of methoxy groups -OCH3 is 1. The number of nitrogens with zero attached hydrogens (tertiary/aromatic N) is 2. The number of sulfonamides is 1. The Hall–Kier alpha value is -3.10. The predicted molar refractivity (Wildman–Crippen MR) is 132 cm³/mol. The van der Waals surface area contributed by atoms with Crippen molar-refractivity contribution in [2.75, 3.05) is 29.5 Å². The molecule has 1 heterocycles. The molecular weight excluding hydrogens is 462 g/mol. The van der Waals surface area contributed by atoms with Crippen molar-refractivity contribution in [2.24, 2.45) is 0 Å². The molecule has 0 aliphatic rings. The normalized spacial score (nSPS) is 11.1. The maximum absolute atomic E-state index is 12.4. The van der Waals surface area contributed by atoms with Gasteiger partial charge in [0, 0.05) is 36.1 Å². The van der Waals surface area contributed by atoms with Crippen LogP contribution in [0.1, 0.15) is 24.0 Å². The summed E-state index contributed by atoms with van der Waals surface area (Å²) in [6.45, 7) is 0.119. The summed E-state index contributed by atoms with van der Waals surface area (Å²) in [5.41, 5.74) is 3.32. The lowest BCUT2D eigenvalue weighted by atomic mass is 10.1. The second-order valence-electron chi connectivity index (χ2n) is 7.53. The van der Waals surface area contributed by atoms with E-state index in [2.05, 4.69) is 10.3 Å². The number of halogens is 1. The first-order chi connectivity index (χ1) is 15.8. The molecule has 0 bridgehead atoms. The maximum Gasteiger partial charge on any atom is 0.232 e. The fourth-order valence-corrected chi connectivity index (χ4v) is 4.50. The van der Waals surface area contributed by atoms with Gasteiger partial charge >= 0.3 is 0 Å². The number of pyridine rings is 1. The van der Waals surface area contributed by atoms with Crippen molar-refractivity contribution in [1.29, 1.82) is 0 Å². The van der Waals surface area contributed by atoms with Gasteiger partial charge in [0.25, 0.3) is 0 Å². The van der Waals surface area contributed by atoms with E-state index in [0.717, 1.165) is 23.8 Å².